The first-order valence-electron chi connectivity index (χ1n) is 8.50. The first-order valence-corrected chi connectivity index (χ1v) is 8.50. The van der Waals surface area contributed by atoms with Crippen LogP contribution in [0.25, 0.3) is 0 Å². The molecule has 1 fully saturated rings. The van der Waals surface area contributed by atoms with E-state index in [1.54, 1.807) is 0 Å². The third kappa shape index (κ3) is 2.98. The van der Waals surface area contributed by atoms with E-state index in [1.165, 1.54) is 18.2 Å². The SMILES string of the molecule is CC[C@@H](C)NC(=O)c1ccc2c(c1)C(=O)N(C1CCC(=O)NC1=O)C2=O. The molecule has 2 heterocycles. The van der Waals surface area contributed by atoms with Crippen LogP contribution < -0.4 is 10.6 Å². The molecule has 1 aromatic rings. The van der Waals surface area contributed by atoms with Gasteiger partial charge >= 0.3 is 0 Å². The second-order valence-corrected chi connectivity index (χ2v) is 6.49. The van der Waals surface area contributed by atoms with E-state index in [4.69, 9.17) is 0 Å². The fourth-order valence-electron chi connectivity index (χ4n) is 3.02. The zero-order valence-corrected chi connectivity index (χ0v) is 14.5. The van der Waals surface area contributed by atoms with Gasteiger partial charge in [0, 0.05) is 18.0 Å². The minimum Gasteiger partial charge on any atom is -0.350 e. The molecule has 1 aromatic carbocycles. The number of fused-ring (bicyclic) bond motifs is 1. The van der Waals surface area contributed by atoms with Gasteiger partial charge in [-0.25, -0.2) is 0 Å². The maximum Gasteiger partial charge on any atom is 0.262 e. The van der Waals surface area contributed by atoms with Crippen molar-refractivity contribution in [1.82, 2.24) is 15.5 Å². The van der Waals surface area contributed by atoms with Crippen LogP contribution in [0.4, 0.5) is 0 Å². The summed E-state index contributed by atoms with van der Waals surface area (Å²) in [5, 5.41) is 4.94. The van der Waals surface area contributed by atoms with Gasteiger partial charge in [-0.05, 0) is 38.0 Å². The van der Waals surface area contributed by atoms with Crippen molar-refractivity contribution in [2.24, 2.45) is 0 Å². The number of piperidine rings is 1. The Labute approximate surface area is 149 Å². The predicted molar refractivity (Wildman–Crippen MR) is 90.3 cm³/mol. The Bertz CT molecular complexity index is 832. The van der Waals surface area contributed by atoms with E-state index < -0.39 is 29.7 Å². The number of nitrogens with one attached hydrogen (secondary N) is 2. The van der Waals surface area contributed by atoms with E-state index in [-0.39, 0.29) is 41.5 Å². The molecular weight excluding hydrogens is 338 g/mol. The highest BCUT2D eigenvalue weighted by atomic mass is 16.2. The zero-order chi connectivity index (χ0) is 19.0. The van der Waals surface area contributed by atoms with Gasteiger partial charge in [0.2, 0.25) is 11.8 Å². The van der Waals surface area contributed by atoms with Crippen molar-refractivity contribution in [1.29, 1.82) is 0 Å². The Morgan fingerprint density at radius 1 is 1.23 bits per heavy atom. The summed E-state index contributed by atoms with van der Waals surface area (Å²) in [7, 11) is 0. The molecule has 0 aliphatic carbocycles. The second kappa shape index (κ2) is 6.70. The van der Waals surface area contributed by atoms with Crippen LogP contribution in [-0.2, 0) is 9.59 Å². The Hall–Kier alpha value is -3.03. The molecule has 1 unspecified atom stereocenters. The van der Waals surface area contributed by atoms with Gasteiger partial charge in [-0.3, -0.25) is 34.2 Å². The summed E-state index contributed by atoms with van der Waals surface area (Å²) in [4.78, 5) is 61.7. The summed E-state index contributed by atoms with van der Waals surface area (Å²) in [5.74, 6) is -2.63. The molecule has 0 saturated carbocycles. The molecule has 5 amide bonds. The van der Waals surface area contributed by atoms with Crippen molar-refractivity contribution >= 4 is 29.5 Å². The lowest BCUT2D eigenvalue weighted by molar-refractivity contribution is -0.136. The fourth-order valence-corrected chi connectivity index (χ4v) is 3.02. The quantitative estimate of drug-likeness (QED) is 0.767. The number of hydrogen-bond donors (Lipinski definition) is 2. The zero-order valence-electron chi connectivity index (χ0n) is 14.5. The minimum absolute atomic E-state index is 0.0203. The molecule has 0 aromatic heterocycles. The largest absolute Gasteiger partial charge is 0.350 e. The maximum atomic E-state index is 12.7. The van der Waals surface area contributed by atoms with Crippen LogP contribution in [-0.4, -0.2) is 46.5 Å². The first-order chi connectivity index (χ1) is 12.3. The Balaban J connectivity index is 1.87. The molecular formula is C18H19N3O5. The summed E-state index contributed by atoms with van der Waals surface area (Å²) in [6.45, 7) is 3.80. The van der Waals surface area contributed by atoms with Gasteiger partial charge in [0.05, 0.1) is 11.1 Å². The van der Waals surface area contributed by atoms with Crippen molar-refractivity contribution in [2.75, 3.05) is 0 Å². The molecule has 8 nitrogen and oxygen atoms in total. The maximum absolute atomic E-state index is 12.7. The van der Waals surface area contributed by atoms with Crippen molar-refractivity contribution < 1.29 is 24.0 Å². The van der Waals surface area contributed by atoms with E-state index in [9.17, 15) is 24.0 Å². The first kappa shape index (κ1) is 17.8. The molecule has 2 atom stereocenters. The van der Waals surface area contributed by atoms with Gasteiger partial charge in [-0.15, -0.1) is 0 Å². The van der Waals surface area contributed by atoms with Crippen LogP contribution in [0, 0.1) is 0 Å². The highest BCUT2D eigenvalue weighted by Gasteiger charge is 2.44. The summed E-state index contributed by atoms with van der Waals surface area (Å²) < 4.78 is 0. The third-order valence-electron chi connectivity index (χ3n) is 4.69. The number of nitrogens with zero attached hydrogens (tertiary/aromatic N) is 1. The summed E-state index contributed by atoms with van der Waals surface area (Å²) in [5.41, 5.74) is 0.520. The van der Waals surface area contributed by atoms with Crippen molar-refractivity contribution in [2.45, 2.75) is 45.2 Å². The van der Waals surface area contributed by atoms with Crippen molar-refractivity contribution in [3.05, 3.63) is 34.9 Å². The van der Waals surface area contributed by atoms with E-state index in [2.05, 4.69) is 10.6 Å². The third-order valence-corrected chi connectivity index (χ3v) is 4.69. The lowest BCUT2D eigenvalue weighted by Gasteiger charge is -2.27. The average molecular weight is 357 g/mol. The van der Waals surface area contributed by atoms with E-state index in [0.29, 0.717) is 0 Å². The summed E-state index contributed by atoms with van der Waals surface area (Å²) >= 11 is 0. The summed E-state index contributed by atoms with van der Waals surface area (Å²) in [6, 6.07) is 3.24. The van der Waals surface area contributed by atoms with Crippen LogP contribution >= 0.6 is 0 Å². The molecule has 2 aliphatic rings. The molecule has 8 heteroatoms. The molecule has 2 N–H and O–H groups in total. The van der Waals surface area contributed by atoms with Gasteiger partial charge < -0.3 is 5.32 Å². The molecule has 2 aliphatic heterocycles. The molecule has 3 rings (SSSR count). The molecule has 0 bridgehead atoms. The van der Waals surface area contributed by atoms with E-state index in [0.717, 1.165) is 11.3 Å². The van der Waals surface area contributed by atoms with E-state index in [1.807, 2.05) is 13.8 Å². The fraction of sp³-hybridized carbons (Fsp3) is 0.389. The van der Waals surface area contributed by atoms with Crippen molar-refractivity contribution in [3.8, 4) is 0 Å². The van der Waals surface area contributed by atoms with Gasteiger partial charge in [0.25, 0.3) is 17.7 Å². The highest BCUT2D eigenvalue weighted by molar-refractivity contribution is 6.24. The lowest BCUT2D eigenvalue weighted by Crippen LogP contribution is -2.54. The number of rotatable bonds is 4. The average Bonchev–Trinajstić information content (AvgIpc) is 2.86. The highest BCUT2D eigenvalue weighted by Crippen LogP contribution is 2.28. The Morgan fingerprint density at radius 3 is 2.58 bits per heavy atom. The monoisotopic (exact) mass is 357 g/mol. The van der Waals surface area contributed by atoms with Gasteiger partial charge in [-0.2, -0.15) is 0 Å². The van der Waals surface area contributed by atoms with Gasteiger partial charge in [-0.1, -0.05) is 6.92 Å². The van der Waals surface area contributed by atoms with Gasteiger partial charge in [0.15, 0.2) is 0 Å². The number of benzene rings is 1. The number of carbonyl (C=O) groups is 5. The van der Waals surface area contributed by atoms with Crippen LogP contribution in [0.3, 0.4) is 0 Å². The van der Waals surface area contributed by atoms with E-state index >= 15 is 0 Å². The number of amides is 5. The molecule has 0 radical (unpaired) electrons. The lowest BCUT2D eigenvalue weighted by atomic mass is 10.0. The topological polar surface area (TPSA) is 113 Å². The second-order valence-electron chi connectivity index (χ2n) is 6.49. The predicted octanol–water partition coefficient (Wildman–Crippen LogP) is 0.616. The van der Waals surface area contributed by atoms with Crippen LogP contribution in [0.15, 0.2) is 18.2 Å². The molecule has 136 valence electrons. The number of imide groups is 2. The number of hydrogen-bond acceptors (Lipinski definition) is 5. The van der Waals surface area contributed by atoms with Crippen LogP contribution in [0.2, 0.25) is 0 Å². The van der Waals surface area contributed by atoms with Gasteiger partial charge in [0.1, 0.15) is 6.04 Å². The Kier molecular flexibility index (Phi) is 4.58. The molecule has 0 spiro atoms. The summed E-state index contributed by atoms with van der Waals surface area (Å²) in [6.07, 6.45) is 0.918. The minimum atomic E-state index is -1.02. The Morgan fingerprint density at radius 2 is 1.92 bits per heavy atom. The number of carbonyl (C=O) groups excluding carboxylic acids is 5. The molecule has 26 heavy (non-hydrogen) atoms. The van der Waals surface area contributed by atoms with Crippen LogP contribution in [0.1, 0.15) is 64.2 Å². The van der Waals surface area contributed by atoms with Crippen molar-refractivity contribution in [3.63, 3.8) is 0 Å². The standard InChI is InChI=1S/C18H19N3O5/c1-3-9(2)19-15(23)10-4-5-11-12(8-10)18(26)21(17(11)25)13-6-7-14(22)20-16(13)24/h4-5,8-9,13H,3,6-7H2,1-2H3,(H,19,23)(H,20,22,24)/t9-,13?/m1/s1. The molecule has 1 saturated heterocycles. The van der Waals surface area contributed by atoms with Crippen LogP contribution in [0.5, 0.6) is 0 Å². The smallest absolute Gasteiger partial charge is 0.262 e. The normalized spacial score (nSPS) is 20.7.